The van der Waals surface area contributed by atoms with E-state index in [0.29, 0.717) is 17.0 Å². The number of aromatic nitrogens is 1. The number of carboxylic acids is 1. The van der Waals surface area contributed by atoms with Crippen molar-refractivity contribution in [2.75, 3.05) is 7.11 Å². The molecule has 1 N–H and O–H groups in total. The van der Waals surface area contributed by atoms with Gasteiger partial charge in [-0.2, -0.15) is 0 Å². The molecular formula is C13H11NO3. The first-order valence-corrected chi connectivity index (χ1v) is 5.00. The van der Waals surface area contributed by atoms with Crippen molar-refractivity contribution in [3.63, 3.8) is 0 Å². The summed E-state index contributed by atoms with van der Waals surface area (Å²) in [6.45, 7) is 3.55. The fourth-order valence-corrected chi connectivity index (χ4v) is 1.60. The van der Waals surface area contributed by atoms with Crippen LogP contribution in [0.4, 0.5) is 0 Å². The van der Waals surface area contributed by atoms with Gasteiger partial charge in [0.2, 0.25) is 5.88 Å². The molecule has 0 unspecified atom stereocenters. The lowest BCUT2D eigenvalue weighted by molar-refractivity contribution is -0.130. The third kappa shape index (κ3) is 1.97. The standard InChI is InChI=1S/C13H11NO3/c1-8(13(15)16)10-5-3-4-9-6-7-11(17-2)14-12(9)10/h3-7H,1H2,2H3,(H,15,16). The van der Waals surface area contributed by atoms with Crippen LogP contribution in [0.25, 0.3) is 16.5 Å². The molecule has 0 radical (unpaired) electrons. The first kappa shape index (κ1) is 11.1. The smallest absolute Gasteiger partial charge is 0.335 e. The molecule has 0 saturated carbocycles. The van der Waals surface area contributed by atoms with Crippen LogP contribution in [-0.4, -0.2) is 23.2 Å². The summed E-state index contributed by atoms with van der Waals surface area (Å²) in [5, 5.41) is 9.82. The summed E-state index contributed by atoms with van der Waals surface area (Å²) < 4.78 is 5.03. The van der Waals surface area contributed by atoms with Crippen LogP contribution in [0.2, 0.25) is 0 Å². The predicted octanol–water partition coefficient (Wildman–Crippen LogP) is 2.34. The second-order valence-electron chi connectivity index (χ2n) is 3.51. The van der Waals surface area contributed by atoms with Gasteiger partial charge in [-0.15, -0.1) is 0 Å². The van der Waals surface area contributed by atoms with Crippen LogP contribution in [0.5, 0.6) is 5.88 Å². The van der Waals surface area contributed by atoms with Gasteiger partial charge < -0.3 is 9.84 Å². The molecule has 0 saturated heterocycles. The Morgan fingerprint density at radius 3 is 2.76 bits per heavy atom. The van der Waals surface area contributed by atoms with Crippen LogP contribution in [-0.2, 0) is 4.79 Å². The minimum Gasteiger partial charge on any atom is -0.481 e. The molecule has 4 nitrogen and oxygen atoms in total. The van der Waals surface area contributed by atoms with E-state index in [-0.39, 0.29) is 5.57 Å². The zero-order valence-electron chi connectivity index (χ0n) is 9.30. The van der Waals surface area contributed by atoms with Crippen LogP contribution in [0.1, 0.15) is 5.56 Å². The lowest BCUT2D eigenvalue weighted by atomic mass is 10.0. The number of nitrogens with zero attached hydrogens (tertiary/aromatic N) is 1. The van der Waals surface area contributed by atoms with E-state index in [4.69, 9.17) is 9.84 Å². The van der Waals surface area contributed by atoms with Gasteiger partial charge in [-0.3, -0.25) is 0 Å². The average molecular weight is 229 g/mol. The van der Waals surface area contributed by atoms with E-state index in [1.165, 1.54) is 7.11 Å². The summed E-state index contributed by atoms with van der Waals surface area (Å²) in [6.07, 6.45) is 0. The number of pyridine rings is 1. The predicted molar refractivity (Wildman–Crippen MR) is 65.0 cm³/mol. The molecule has 0 aliphatic carbocycles. The van der Waals surface area contributed by atoms with Gasteiger partial charge in [-0.1, -0.05) is 24.8 Å². The second-order valence-corrected chi connectivity index (χ2v) is 3.51. The third-order valence-corrected chi connectivity index (χ3v) is 2.49. The Kier molecular flexibility index (Phi) is 2.78. The zero-order valence-corrected chi connectivity index (χ0v) is 9.30. The molecule has 17 heavy (non-hydrogen) atoms. The molecule has 86 valence electrons. The van der Waals surface area contributed by atoms with Crippen LogP contribution in [0.15, 0.2) is 36.9 Å². The molecule has 4 heteroatoms. The van der Waals surface area contributed by atoms with E-state index in [0.717, 1.165) is 5.39 Å². The summed E-state index contributed by atoms with van der Waals surface area (Å²) >= 11 is 0. The lowest BCUT2D eigenvalue weighted by Gasteiger charge is -2.06. The molecule has 0 fully saturated rings. The lowest BCUT2D eigenvalue weighted by Crippen LogP contribution is -2.00. The maximum atomic E-state index is 10.9. The first-order valence-electron chi connectivity index (χ1n) is 5.00. The number of hydrogen-bond acceptors (Lipinski definition) is 3. The highest BCUT2D eigenvalue weighted by Crippen LogP contribution is 2.24. The van der Waals surface area contributed by atoms with Gasteiger partial charge in [0.1, 0.15) is 0 Å². The largest absolute Gasteiger partial charge is 0.481 e. The summed E-state index contributed by atoms with van der Waals surface area (Å²) in [4.78, 5) is 15.2. The molecule has 0 amide bonds. The number of carboxylic acid groups (broad SMARTS) is 1. The molecule has 2 rings (SSSR count). The highest BCUT2D eigenvalue weighted by molar-refractivity contribution is 6.17. The average Bonchev–Trinajstić information content (AvgIpc) is 2.36. The number of carbonyl (C=O) groups is 1. The fraction of sp³-hybridized carbons (Fsp3) is 0.0769. The van der Waals surface area contributed by atoms with Crippen molar-refractivity contribution in [3.05, 3.63) is 42.5 Å². The fourth-order valence-electron chi connectivity index (χ4n) is 1.60. The SMILES string of the molecule is C=C(C(=O)O)c1cccc2ccc(OC)nc12. The number of methoxy groups -OCH3 is 1. The quantitative estimate of drug-likeness (QED) is 0.820. The van der Waals surface area contributed by atoms with Crippen molar-refractivity contribution in [2.45, 2.75) is 0 Å². The van der Waals surface area contributed by atoms with E-state index in [1.807, 2.05) is 12.1 Å². The second kappa shape index (κ2) is 4.25. The Hall–Kier alpha value is -2.36. The van der Waals surface area contributed by atoms with Gasteiger partial charge in [-0.05, 0) is 6.07 Å². The maximum Gasteiger partial charge on any atom is 0.335 e. The zero-order chi connectivity index (χ0) is 12.4. The van der Waals surface area contributed by atoms with Crippen LogP contribution >= 0.6 is 0 Å². The minimum absolute atomic E-state index is 0.0244. The molecule has 0 aliphatic heterocycles. The minimum atomic E-state index is -1.05. The van der Waals surface area contributed by atoms with Crippen molar-refractivity contribution < 1.29 is 14.6 Å². The molecule has 1 aromatic heterocycles. The molecular weight excluding hydrogens is 218 g/mol. The van der Waals surface area contributed by atoms with Crippen LogP contribution in [0.3, 0.4) is 0 Å². The number of ether oxygens (including phenoxy) is 1. The van der Waals surface area contributed by atoms with Gasteiger partial charge in [0.15, 0.2) is 0 Å². The van der Waals surface area contributed by atoms with Crippen molar-refractivity contribution in [2.24, 2.45) is 0 Å². The molecule has 0 spiro atoms. The Balaban J connectivity index is 2.70. The summed E-state index contributed by atoms with van der Waals surface area (Å²) in [5.41, 5.74) is 1.12. The van der Waals surface area contributed by atoms with Gasteiger partial charge in [-0.25, -0.2) is 9.78 Å². The number of rotatable bonds is 3. The molecule has 2 aromatic rings. The molecule has 1 aromatic carbocycles. The number of hydrogen-bond donors (Lipinski definition) is 1. The van der Waals surface area contributed by atoms with Gasteiger partial charge in [0.25, 0.3) is 0 Å². The molecule has 1 heterocycles. The number of benzene rings is 1. The van der Waals surface area contributed by atoms with Crippen LogP contribution in [0, 0.1) is 0 Å². The third-order valence-electron chi connectivity index (χ3n) is 2.49. The van der Waals surface area contributed by atoms with Crippen molar-refractivity contribution >= 4 is 22.4 Å². The highest BCUT2D eigenvalue weighted by Gasteiger charge is 2.12. The van der Waals surface area contributed by atoms with Gasteiger partial charge in [0.05, 0.1) is 18.2 Å². The van der Waals surface area contributed by atoms with Crippen molar-refractivity contribution in [1.29, 1.82) is 0 Å². The Labute approximate surface area is 98.2 Å². The molecule has 0 bridgehead atoms. The summed E-state index contributed by atoms with van der Waals surface area (Å²) in [6, 6.07) is 8.89. The van der Waals surface area contributed by atoms with E-state index in [2.05, 4.69) is 11.6 Å². The van der Waals surface area contributed by atoms with E-state index in [9.17, 15) is 4.79 Å². The Bertz CT molecular complexity index is 605. The Morgan fingerprint density at radius 2 is 2.12 bits per heavy atom. The summed E-state index contributed by atoms with van der Waals surface area (Å²) in [5.74, 6) is -0.606. The van der Waals surface area contributed by atoms with E-state index >= 15 is 0 Å². The summed E-state index contributed by atoms with van der Waals surface area (Å²) in [7, 11) is 1.52. The van der Waals surface area contributed by atoms with Gasteiger partial charge in [0, 0.05) is 17.0 Å². The number of aliphatic carboxylic acids is 1. The van der Waals surface area contributed by atoms with Crippen molar-refractivity contribution in [3.8, 4) is 5.88 Å². The van der Waals surface area contributed by atoms with E-state index < -0.39 is 5.97 Å². The van der Waals surface area contributed by atoms with E-state index in [1.54, 1.807) is 18.2 Å². The topological polar surface area (TPSA) is 59.4 Å². The monoisotopic (exact) mass is 229 g/mol. The Morgan fingerprint density at radius 1 is 1.35 bits per heavy atom. The molecule has 0 aliphatic rings. The molecule has 0 atom stereocenters. The number of fused-ring (bicyclic) bond motifs is 1. The van der Waals surface area contributed by atoms with Gasteiger partial charge >= 0.3 is 5.97 Å². The maximum absolute atomic E-state index is 10.9. The first-order chi connectivity index (χ1) is 8.13. The highest BCUT2D eigenvalue weighted by atomic mass is 16.5. The van der Waals surface area contributed by atoms with Crippen LogP contribution < -0.4 is 4.74 Å². The normalized spacial score (nSPS) is 10.2. The van der Waals surface area contributed by atoms with Crippen molar-refractivity contribution in [1.82, 2.24) is 4.98 Å². The number of para-hydroxylation sites is 1.